The monoisotopic (exact) mass is 273 g/mol. The molecule has 0 bridgehead atoms. The number of nitrogens with two attached hydrogens (primary N) is 1. The van der Waals surface area contributed by atoms with Crippen molar-refractivity contribution in [1.29, 1.82) is 0 Å². The second-order valence-electron chi connectivity index (χ2n) is 3.27. The Morgan fingerprint density at radius 1 is 1.67 bits per heavy atom. The summed E-state index contributed by atoms with van der Waals surface area (Å²) in [6.45, 7) is 1.59. The number of carbonyl (C=O) groups is 1. The number of nitrogens with zero attached hydrogens (tertiary/aromatic N) is 1. The standard InChI is InChI=1S/C9H12BrN3O2/c1-5(11)8(14)12-6-3-7(10)9(15)13(2)4-6/h3-5H,11H2,1-2H3,(H,12,14)/t5-/m1/s1. The first kappa shape index (κ1) is 11.9. The largest absolute Gasteiger partial charge is 0.323 e. The average molecular weight is 274 g/mol. The first-order chi connectivity index (χ1) is 6.91. The van der Waals surface area contributed by atoms with Crippen molar-refractivity contribution in [2.75, 3.05) is 5.32 Å². The minimum absolute atomic E-state index is 0.159. The Labute approximate surface area is 95.4 Å². The van der Waals surface area contributed by atoms with Crippen LogP contribution in [0.15, 0.2) is 21.5 Å². The Balaban J connectivity index is 2.98. The van der Waals surface area contributed by atoms with Gasteiger partial charge in [-0.05, 0) is 28.9 Å². The van der Waals surface area contributed by atoms with Crippen molar-refractivity contribution in [3.05, 3.63) is 27.1 Å². The van der Waals surface area contributed by atoms with Gasteiger partial charge >= 0.3 is 0 Å². The molecule has 0 fully saturated rings. The molecule has 1 heterocycles. The van der Waals surface area contributed by atoms with Crippen LogP contribution in [0.25, 0.3) is 0 Å². The fraction of sp³-hybridized carbons (Fsp3) is 0.333. The summed E-state index contributed by atoms with van der Waals surface area (Å²) in [5.41, 5.74) is 5.77. The van der Waals surface area contributed by atoms with Crippen LogP contribution >= 0.6 is 15.9 Å². The van der Waals surface area contributed by atoms with E-state index < -0.39 is 6.04 Å². The van der Waals surface area contributed by atoms with Gasteiger partial charge in [-0.1, -0.05) is 0 Å². The number of pyridine rings is 1. The average Bonchev–Trinajstić information content (AvgIpc) is 2.13. The summed E-state index contributed by atoms with van der Waals surface area (Å²) in [5.74, 6) is -0.291. The van der Waals surface area contributed by atoms with Gasteiger partial charge < -0.3 is 15.6 Å². The van der Waals surface area contributed by atoms with Gasteiger partial charge in [0.15, 0.2) is 0 Å². The third-order valence-electron chi connectivity index (χ3n) is 1.82. The summed E-state index contributed by atoms with van der Waals surface area (Å²) < 4.78 is 1.77. The van der Waals surface area contributed by atoms with E-state index in [1.54, 1.807) is 20.0 Å². The van der Waals surface area contributed by atoms with Crippen LogP contribution in [-0.2, 0) is 11.8 Å². The van der Waals surface area contributed by atoms with Crippen LogP contribution in [0.1, 0.15) is 6.92 Å². The predicted molar refractivity (Wildman–Crippen MR) is 61.7 cm³/mol. The molecule has 3 N–H and O–H groups in total. The number of carbonyl (C=O) groups excluding carboxylic acids is 1. The van der Waals surface area contributed by atoms with Crippen molar-refractivity contribution >= 4 is 27.5 Å². The van der Waals surface area contributed by atoms with E-state index in [-0.39, 0.29) is 11.5 Å². The molecular weight excluding hydrogens is 262 g/mol. The van der Waals surface area contributed by atoms with E-state index in [1.165, 1.54) is 10.8 Å². The van der Waals surface area contributed by atoms with E-state index in [2.05, 4.69) is 21.2 Å². The molecule has 0 saturated heterocycles. The van der Waals surface area contributed by atoms with E-state index in [0.717, 1.165) is 0 Å². The van der Waals surface area contributed by atoms with E-state index in [9.17, 15) is 9.59 Å². The zero-order chi connectivity index (χ0) is 11.6. The summed E-state index contributed by atoms with van der Waals surface area (Å²) in [6.07, 6.45) is 1.54. The lowest BCUT2D eigenvalue weighted by molar-refractivity contribution is -0.117. The maximum atomic E-state index is 11.3. The van der Waals surface area contributed by atoms with Crippen LogP contribution in [0.2, 0.25) is 0 Å². The number of amides is 1. The summed E-state index contributed by atoms with van der Waals surface area (Å²) in [5, 5.41) is 2.60. The number of halogens is 1. The van der Waals surface area contributed by atoms with Gasteiger partial charge in [-0.3, -0.25) is 9.59 Å². The van der Waals surface area contributed by atoms with Crippen LogP contribution in [0.3, 0.4) is 0 Å². The fourth-order valence-corrected chi connectivity index (χ4v) is 1.52. The summed E-state index contributed by atoms with van der Waals surface area (Å²) in [7, 11) is 1.61. The third kappa shape index (κ3) is 2.90. The summed E-state index contributed by atoms with van der Waals surface area (Å²) in [4.78, 5) is 22.6. The maximum Gasteiger partial charge on any atom is 0.264 e. The molecule has 0 aliphatic carbocycles. The molecular formula is C9H12BrN3O2. The molecule has 1 atom stereocenters. The van der Waals surface area contributed by atoms with Gasteiger partial charge in [0.1, 0.15) is 0 Å². The lowest BCUT2D eigenvalue weighted by Gasteiger charge is -2.09. The number of aryl methyl sites for hydroxylation is 1. The van der Waals surface area contributed by atoms with Crippen molar-refractivity contribution in [2.45, 2.75) is 13.0 Å². The molecule has 0 unspecified atom stereocenters. The molecule has 6 heteroatoms. The smallest absolute Gasteiger partial charge is 0.264 e. The maximum absolute atomic E-state index is 11.3. The van der Waals surface area contributed by atoms with Gasteiger partial charge in [0, 0.05) is 13.2 Å². The lowest BCUT2D eigenvalue weighted by Crippen LogP contribution is -2.33. The van der Waals surface area contributed by atoms with Crippen LogP contribution < -0.4 is 16.6 Å². The highest BCUT2D eigenvalue weighted by Crippen LogP contribution is 2.11. The Bertz CT molecular complexity index is 413. The lowest BCUT2D eigenvalue weighted by atomic mass is 10.3. The van der Waals surface area contributed by atoms with Crippen molar-refractivity contribution in [2.24, 2.45) is 12.8 Å². The van der Waals surface area contributed by atoms with Crippen molar-refractivity contribution < 1.29 is 4.79 Å². The molecule has 1 aromatic rings. The number of hydrogen-bond acceptors (Lipinski definition) is 3. The van der Waals surface area contributed by atoms with Gasteiger partial charge in [0.25, 0.3) is 5.56 Å². The van der Waals surface area contributed by atoms with Crippen LogP contribution in [0, 0.1) is 0 Å². The zero-order valence-corrected chi connectivity index (χ0v) is 10.0. The zero-order valence-electron chi connectivity index (χ0n) is 8.45. The molecule has 15 heavy (non-hydrogen) atoms. The molecule has 0 spiro atoms. The minimum atomic E-state index is -0.582. The van der Waals surface area contributed by atoms with Crippen LogP contribution in [-0.4, -0.2) is 16.5 Å². The van der Waals surface area contributed by atoms with Crippen molar-refractivity contribution in [1.82, 2.24) is 4.57 Å². The molecule has 1 aromatic heterocycles. The van der Waals surface area contributed by atoms with Crippen molar-refractivity contribution in [3.63, 3.8) is 0 Å². The van der Waals surface area contributed by atoms with Gasteiger partial charge in [0.2, 0.25) is 5.91 Å². The second kappa shape index (κ2) is 4.59. The van der Waals surface area contributed by atoms with E-state index in [0.29, 0.717) is 10.2 Å². The first-order valence-corrected chi connectivity index (χ1v) is 5.13. The highest BCUT2D eigenvalue weighted by Gasteiger charge is 2.09. The highest BCUT2D eigenvalue weighted by molar-refractivity contribution is 9.10. The molecule has 0 aliphatic rings. The summed E-state index contributed by atoms with van der Waals surface area (Å²) in [6, 6.07) is 0.962. The van der Waals surface area contributed by atoms with Gasteiger partial charge in [-0.25, -0.2) is 0 Å². The van der Waals surface area contributed by atoms with E-state index in [4.69, 9.17) is 5.73 Å². The quantitative estimate of drug-likeness (QED) is 0.821. The van der Waals surface area contributed by atoms with Gasteiger partial charge in [-0.15, -0.1) is 0 Å². The Hall–Kier alpha value is -1.14. The van der Waals surface area contributed by atoms with Crippen LogP contribution in [0.4, 0.5) is 5.69 Å². The molecule has 82 valence electrons. The SMILES string of the molecule is C[C@@H](N)C(=O)Nc1cc(Br)c(=O)n(C)c1. The molecule has 0 aromatic carbocycles. The minimum Gasteiger partial charge on any atom is -0.323 e. The summed E-state index contributed by atoms with van der Waals surface area (Å²) >= 11 is 3.11. The Morgan fingerprint density at radius 3 is 2.73 bits per heavy atom. The fourth-order valence-electron chi connectivity index (χ4n) is 0.996. The Morgan fingerprint density at radius 2 is 2.27 bits per heavy atom. The molecule has 5 nitrogen and oxygen atoms in total. The number of anilines is 1. The normalized spacial score (nSPS) is 12.3. The van der Waals surface area contributed by atoms with E-state index in [1.807, 2.05) is 0 Å². The molecule has 0 aliphatic heterocycles. The number of rotatable bonds is 2. The molecule has 1 amide bonds. The predicted octanol–water partition coefficient (Wildman–Crippen LogP) is 0.433. The number of nitrogens with one attached hydrogen (secondary N) is 1. The van der Waals surface area contributed by atoms with Gasteiger partial charge in [-0.2, -0.15) is 0 Å². The molecule has 0 radical (unpaired) electrons. The van der Waals surface area contributed by atoms with Gasteiger partial charge in [0.05, 0.1) is 16.2 Å². The molecule has 0 saturated carbocycles. The van der Waals surface area contributed by atoms with Crippen LogP contribution in [0.5, 0.6) is 0 Å². The number of hydrogen-bond donors (Lipinski definition) is 2. The molecule has 1 rings (SSSR count). The second-order valence-corrected chi connectivity index (χ2v) is 4.13. The first-order valence-electron chi connectivity index (χ1n) is 4.34. The third-order valence-corrected chi connectivity index (χ3v) is 2.39. The Kier molecular flexibility index (Phi) is 3.65. The van der Waals surface area contributed by atoms with E-state index >= 15 is 0 Å². The van der Waals surface area contributed by atoms with Crippen molar-refractivity contribution in [3.8, 4) is 0 Å². The highest BCUT2D eigenvalue weighted by atomic mass is 79.9. The number of aromatic nitrogens is 1. The topological polar surface area (TPSA) is 77.1 Å².